The molecule has 0 aromatic heterocycles. The molecule has 0 atom stereocenters. The standard InChI is InChI=1S/C13H21N3.ClH/c1-15(2)13-6-4-3-5-12(13)11-16-9-7-14-8-10-16;/h3-6,14H,7-11H2,1-2H3;1H. The molecule has 3 nitrogen and oxygen atoms in total. The van der Waals surface area contributed by atoms with Gasteiger partial charge in [0.15, 0.2) is 0 Å². The molecule has 17 heavy (non-hydrogen) atoms. The topological polar surface area (TPSA) is 18.5 Å². The zero-order valence-corrected chi connectivity index (χ0v) is 11.5. The number of hydrogen-bond donors (Lipinski definition) is 1. The van der Waals surface area contributed by atoms with Crippen LogP contribution in [0.4, 0.5) is 5.69 Å². The summed E-state index contributed by atoms with van der Waals surface area (Å²) < 4.78 is 0. The zero-order valence-electron chi connectivity index (χ0n) is 10.6. The van der Waals surface area contributed by atoms with Crippen molar-refractivity contribution in [2.45, 2.75) is 6.54 Å². The molecule has 0 unspecified atom stereocenters. The predicted molar refractivity (Wildman–Crippen MR) is 76.2 cm³/mol. The molecule has 1 fully saturated rings. The fourth-order valence-corrected chi connectivity index (χ4v) is 2.19. The maximum atomic E-state index is 3.39. The van der Waals surface area contributed by atoms with E-state index in [-0.39, 0.29) is 12.4 Å². The molecule has 1 aliphatic rings. The van der Waals surface area contributed by atoms with Crippen LogP contribution in [0.15, 0.2) is 24.3 Å². The molecule has 96 valence electrons. The van der Waals surface area contributed by atoms with Gasteiger partial charge in [0.2, 0.25) is 0 Å². The van der Waals surface area contributed by atoms with Crippen molar-refractivity contribution in [3.63, 3.8) is 0 Å². The van der Waals surface area contributed by atoms with Crippen molar-refractivity contribution in [1.82, 2.24) is 10.2 Å². The summed E-state index contributed by atoms with van der Waals surface area (Å²) in [6.07, 6.45) is 0. The number of benzene rings is 1. The van der Waals surface area contributed by atoms with E-state index < -0.39 is 0 Å². The van der Waals surface area contributed by atoms with Crippen molar-refractivity contribution in [2.24, 2.45) is 0 Å². The highest BCUT2D eigenvalue weighted by Crippen LogP contribution is 2.19. The molecule has 4 heteroatoms. The average Bonchev–Trinajstić information content (AvgIpc) is 2.31. The van der Waals surface area contributed by atoms with E-state index in [2.05, 4.69) is 53.5 Å². The smallest absolute Gasteiger partial charge is 0.0406 e. The number of piperazine rings is 1. The Morgan fingerprint density at radius 2 is 1.82 bits per heavy atom. The largest absolute Gasteiger partial charge is 0.377 e. The van der Waals surface area contributed by atoms with E-state index in [0.29, 0.717) is 0 Å². The number of halogens is 1. The van der Waals surface area contributed by atoms with Crippen LogP contribution in [0.25, 0.3) is 0 Å². The molecule has 2 rings (SSSR count). The number of rotatable bonds is 3. The first-order valence-electron chi connectivity index (χ1n) is 5.95. The predicted octanol–water partition coefficient (Wildman–Crippen LogP) is 1.58. The van der Waals surface area contributed by atoms with Crippen molar-refractivity contribution < 1.29 is 0 Å². The summed E-state index contributed by atoms with van der Waals surface area (Å²) in [5.74, 6) is 0. The van der Waals surface area contributed by atoms with E-state index in [0.717, 1.165) is 32.7 Å². The van der Waals surface area contributed by atoms with E-state index in [1.165, 1.54) is 11.3 Å². The highest BCUT2D eigenvalue weighted by Gasteiger charge is 2.12. The summed E-state index contributed by atoms with van der Waals surface area (Å²) in [7, 11) is 4.22. The molecule has 0 amide bonds. The lowest BCUT2D eigenvalue weighted by Gasteiger charge is -2.28. The van der Waals surface area contributed by atoms with Crippen LogP contribution in [0.5, 0.6) is 0 Å². The van der Waals surface area contributed by atoms with E-state index in [9.17, 15) is 0 Å². The van der Waals surface area contributed by atoms with Crippen LogP contribution in [-0.2, 0) is 6.54 Å². The average molecular weight is 256 g/mol. The minimum atomic E-state index is 0. The molecule has 0 radical (unpaired) electrons. The molecule has 1 aromatic rings. The minimum absolute atomic E-state index is 0. The van der Waals surface area contributed by atoms with Gasteiger partial charge in [-0.1, -0.05) is 18.2 Å². The molecule has 1 saturated heterocycles. The Bertz CT molecular complexity index is 335. The Labute approximate surface area is 110 Å². The van der Waals surface area contributed by atoms with Gasteiger partial charge in [0, 0.05) is 52.5 Å². The quantitative estimate of drug-likeness (QED) is 0.885. The second kappa shape index (κ2) is 6.84. The van der Waals surface area contributed by atoms with Gasteiger partial charge < -0.3 is 10.2 Å². The third-order valence-electron chi connectivity index (χ3n) is 3.08. The molecule has 0 aliphatic carbocycles. The van der Waals surface area contributed by atoms with Crippen molar-refractivity contribution in [1.29, 1.82) is 0 Å². The first-order chi connectivity index (χ1) is 7.77. The lowest BCUT2D eigenvalue weighted by Crippen LogP contribution is -2.43. The normalized spacial score (nSPS) is 16.4. The van der Waals surface area contributed by atoms with Gasteiger partial charge in [-0.05, 0) is 11.6 Å². The summed E-state index contributed by atoms with van der Waals surface area (Å²) in [5, 5.41) is 3.39. The van der Waals surface area contributed by atoms with E-state index >= 15 is 0 Å². The molecule has 1 aliphatic heterocycles. The maximum absolute atomic E-state index is 3.39. The van der Waals surface area contributed by atoms with Crippen LogP contribution in [0.2, 0.25) is 0 Å². The molecule has 1 aromatic carbocycles. The summed E-state index contributed by atoms with van der Waals surface area (Å²) in [4.78, 5) is 4.70. The number of nitrogens with one attached hydrogen (secondary N) is 1. The lowest BCUT2D eigenvalue weighted by molar-refractivity contribution is 0.233. The number of nitrogens with zero attached hydrogens (tertiary/aromatic N) is 2. The van der Waals surface area contributed by atoms with E-state index in [1.807, 2.05) is 0 Å². The molecule has 0 bridgehead atoms. The third-order valence-corrected chi connectivity index (χ3v) is 3.08. The highest BCUT2D eigenvalue weighted by atomic mass is 35.5. The first kappa shape index (κ1) is 14.3. The van der Waals surface area contributed by atoms with Gasteiger partial charge in [-0.25, -0.2) is 0 Å². The van der Waals surface area contributed by atoms with Crippen molar-refractivity contribution in [3.8, 4) is 0 Å². The van der Waals surface area contributed by atoms with Crippen LogP contribution in [0.1, 0.15) is 5.56 Å². The van der Waals surface area contributed by atoms with Gasteiger partial charge >= 0.3 is 0 Å². The Hall–Kier alpha value is -0.770. The third kappa shape index (κ3) is 3.87. The van der Waals surface area contributed by atoms with Crippen LogP contribution < -0.4 is 10.2 Å². The highest BCUT2D eigenvalue weighted by molar-refractivity contribution is 5.85. The molecule has 1 N–H and O–H groups in total. The molecule has 0 spiro atoms. The van der Waals surface area contributed by atoms with Gasteiger partial charge in [0.1, 0.15) is 0 Å². The van der Waals surface area contributed by atoms with E-state index in [1.54, 1.807) is 0 Å². The van der Waals surface area contributed by atoms with Gasteiger partial charge in [-0.2, -0.15) is 0 Å². The Morgan fingerprint density at radius 1 is 1.18 bits per heavy atom. The number of anilines is 1. The first-order valence-corrected chi connectivity index (χ1v) is 5.95. The minimum Gasteiger partial charge on any atom is -0.377 e. The van der Waals surface area contributed by atoms with Gasteiger partial charge in [0.25, 0.3) is 0 Å². The fourth-order valence-electron chi connectivity index (χ4n) is 2.19. The van der Waals surface area contributed by atoms with E-state index in [4.69, 9.17) is 0 Å². The molecular formula is C13H22ClN3. The lowest BCUT2D eigenvalue weighted by atomic mass is 10.1. The molecular weight excluding hydrogens is 234 g/mol. The molecule has 0 saturated carbocycles. The summed E-state index contributed by atoms with van der Waals surface area (Å²) in [5.41, 5.74) is 2.76. The van der Waals surface area contributed by atoms with Gasteiger partial charge in [0.05, 0.1) is 0 Å². The summed E-state index contributed by atoms with van der Waals surface area (Å²) in [6, 6.07) is 8.66. The zero-order chi connectivity index (χ0) is 11.4. The number of para-hydroxylation sites is 1. The van der Waals surface area contributed by atoms with Crippen LogP contribution >= 0.6 is 12.4 Å². The van der Waals surface area contributed by atoms with Crippen molar-refractivity contribution in [3.05, 3.63) is 29.8 Å². The summed E-state index contributed by atoms with van der Waals surface area (Å²) >= 11 is 0. The van der Waals surface area contributed by atoms with Crippen molar-refractivity contribution >= 4 is 18.1 Å². The van der Waals surface area contributed by atoms with Gasteiger partial charge in [-0.15, -0.1) is 12.4 Å². The Morgan fingerprint density at radius 3 is 2.47 bits per heavy atom. The van der Waals surface area contributed by atoms with Crippen molar-refractivity contribution in [2.75, 3.05) is 45.2 Å². The summed E-state index contributed by atoms with van der Waals surface area (Å²) in [6.45, 7) is 5.60. The Balaban J connectivity index is 0.00000144. The van der Waals surface area contributed by atoms with Crippen LogP contribution in [0.3, 0.4) is 0 Å². The maximum Gasteiger partial charge on any atom is 0.0406 e. The second-order valence-electron chi connectivity index (χ2n) is 4.55. The van der Waals surface area contributed by atoms with Gasteiger partial charge in [-0.3, -0.25) is 4.90 Å². The fraction of sp³-hybridized carbons (Fsp3) is 0.538. The number of hydrogen-bond acceptors (Lipinski definition) is 3. The SMILES string of the molecule is CN(C)c1ccccc1CN1CCNCC1.Cl. The Kier molecular flexibility index (Phi) is 5.75. The molecule has 1 heterocycles. The van der Waals surface area contributed by atoms with Crippen LogP contribution in [0, 0.1) is 0 Å². The van der Waals surface area contributed by atoms with Crippen LogP contribution in [-0.4, -0.2) is 45.2 Å². The second-order valence-corrected chi connectivity index (χ2v) is 4.55. The monoisotopic (exact) mass is 255 g/mol.